The predicted molar refractivity (Wildman–Crippen MR) is 71.4 cm³/mol. The maximum atomic E-state index is 12.4. The Morgan fingerprint density at radius 2 is 1.42 bits per heavy atom. The predicted octanol–water partition coefficient (Wildman–Crippen LogP) is 1.98. The van der Waals surface area contributed by atoms with Gasteiger partial charge < -0.3 is 10.4 Å². The first-order valence-corrected chi connectivity index (χ1v) is 5.79. The van der Waals surface area contributed by atoms with Gasteiger partial charge in [-0.25, -0.2) is 0 Å². The molecule has 0 aromatic heterocycles. The molecule has 2 rings (SSSR count). The number of aromatic hydroxyl groups is 1. The Morgan fingerprint density at radius 1 is 0.895 bits per heavy atom. The van der Waals surface area contributed by atoms with Crippen LogP contribution in [0, 0.1) is 0 Å². The van der Waals surface area contributed by atoms with Gasteiger partial charge in [0.1, 0.15) is 5.75 Å². The lowest BCUT2D eigenvalue weighted by Crippen LogP contribution is -2.21. The Balaban J connectivity index is 2.51. The summed E-state index contributed by atoms with van der Waals surface area (Å²) in [4.78, 5) is 24.1. The van der Waals surface area contributed by atoms with E-state index in [1.807, 2.05) is 0 Å². The molecule has 2 aromatic carbocycles. The van der Waals surface area contributed by atoms with Crippen LogP contribution in [0.1, 0.15) is 26.3 Å². The average Bonchev–Trinajstić information content (AvgIpc) is 2.46. The quantitative estimate of drug-likeness (QED) is 0.824. The number of hydrogen-bond donors (Lipinski definition) is 2. The monoisotopic (exact) mass is 255 g/mol. The highest BCUT2D eigenvalue weighted by molar-refractivity contribution is 6.16. The molecule has 0 heterocycles. The third-order valence-electron chi connectivity index (χ3n) is 2.79. The number of phenols is 1. The Bertz CT molecular complexity index is 635. The van der Waals surface area contributed by atoms with Crippen molar-refractivity contribution >= 4 is 11.7 Å². The summed E-state index contributed by atoms with van der Waals surface area (Å²) in [5, 5.41) is 12.2. The van der Waals surface area contributed by atoms with Crippen molar-refractivity contribution in [2.75, 3.05) is 7.05 Å². The lowest BCUT2D eigenvalue weighted by Gasteiger charge is -2.08. The Kier molecular flexibility index (Phi) is 3.61. The van der Waals surface area contributed by atoms with Gasteiger partial charge in [-0.05, 0) is 18.2 Å². The molecule has 0 bridgehead atoms. The minimum atomic E-state index is -0.377. The molecule has 0 unspecified atom stereocenters. The first kappa shape index (κ1) is 12.8. The number of hydrogen-bond acceptors (Lipinski definition) is 3. The molecule has 2 N–H and O–H groups in total. The van der Waals surface area contributed by atoms with Gasteiger partial charge in [-0.1, -0.05) is 30.3 Å². The van der Waals surface area contributed by atoms with E-state index in [1.165, 1.54) is 19.2 Å². The molecule has 1 amide bonds. The number of amides is 1. The van der Waals surface area contributed by atoms with Gasteiger partial charge >= 0.3 is 0 Å². The van der Waals surface area contributed by atoms with Gasteiger partial charge in [-0.3, -0.25) is 9.59 Å². The average molecular weight is 255 g/mol. The maximum Gasteiger partial charge on any atom is 0.251 e. The minimum Gasteiger partial charge on any atom is -0.507 e. The number of ketones is 1. The zero-order valence-electron chi connectivity index (χ0n) is 10.4. The molecule has 4 nitrogen and oxygen atoms in total. The summed E-state index contributed by atoms with van der Waals surface area (Å²) >= 11 is 0. The first-order valence-electron chi connectivity index (χ1n) is 5.79. The zero-order chi connectivity index (χ0) is 13.8. The summed E-state index contributed by atoms with van der Waals surface area (Å²) in [6.07, 6.45) is 0. The second-order valence-corrected chi connectivity index (χ2v) is 3.97. The van der Waals surface area contributed by atoms with Gasteiger partial charge in [-0.15, -0.1) is 0 Å². The van der Waals surface area contributed by atoms with Crippen LogP contribution in [0.2, 0.25) is 0 Å². The van der Waals surface area contributed by atoms with E-state index in [9.17, 15) is 14.7 Å². The van der Waals surface area contributed by atoms with Crippen LogP contribution >= 0.6 is 0 Å². The minimum absolute atomic E-state index is 0.0980. The fourth-order valence-electron chi connectivity index (χ4n) is 1.82. The number of phenolic OH excluding ortho intramolecular Hbond substituents is 1. The van der Waals surface area contributed by atoms with Crippen molar-refractivity contribution in [2.45, 2.75) is 0 Å². The number of rotatable bonds is 3. The van der Waals surface area contributed by atoms with Crippen molar-refractivity contribution in [3.05, 3.63) is 65.2 Å². The van der Waals surface area contributed by atoms with Gasteiger partial charge in [0.2, 0.25) is 0 Å². The molecular weight excluding hydrogens is 242 g/mol. The van der Waals surface area contributed by atoms with Crippen molar-refractivity contribution < 1.29 is 14.7 Å². The molecule has 0 spiro atoms. The van der Waals surface area contributed by atoms with E-state index in [4.69, 9.17) is 0 Å². The van der Waals surface area contributed by atoms with Gasteiger partial charge in [-0.2, -0.15) is 0 Å². The van der Waals surface area contributed by atoms with Crippen molar-refractivity contribution in [1.82, 2.24) is 5.32 Å². The van der Waals surface area contributed by atoms with E-state index in [-0.39, 0.29) is 28.6 Å². The van der Waals surface area contributed by atoms with Crippen LogP contribution in [0.3, 0.4) is 0 Å². The fourth-order valence-corrected chi connectivity index (χ4v) is 1.82. The lowest BCUT2D eigenvalue weighted by atomic mass is 9.97. The van der Waals surface area contributed by atoms with E-state index in [0.717, 1.165) is 0 Å². The van der Waals surface area contributed by atoms with E-state index in [2.05, 4.69) is 5.32 Å². The van der Waals surface area contributed by atoms with E-state index >= 15 is 0 Å². The zero-order valence-corrected chi connectivity index (χ0v) is 10.4. The molecule has 2 aromatic rings. The number of carbonyl (C=O) groups is 2. The summed E-state index contributed by atoms with van der Waals surface area (Å²) < 4.78 is 0. The molecule has 0 aliphatic carbocycles. The number of carbonyl (C=O) groups excluding carboxylic acids is 2. The molecule has 0 aliphatic heterocycles. The highest BCUT2D eigenvalue weighted by atomic mass is 16.3. The first-order chi connectivity index (χ1) is 9.15. The molecule has 0 radical (unpaired) electrons. The molecule has 0 saturated carbocycles. The maximum absolute atomic E-state index is 12.4. The molecule has 4 heteroatoms. The molecule has 0 aliphatic rings. The summed E-state index contributed by atoms with van der Waals surface area (Å²) in [5.74, 6) is -0.809. The van der Waals surface area contributed by atoms with Crippen molar-refractivity contribution in [1.29, 1.82) is 0 Å². The highest BCUT2D eigenvalue weighted by Crippen LogP contribution is 2.21. The Labute approximate surface area is 110 Å². The van der Waals surface area contributed by atoms with Gasteiger partial charge in [0.15, 0.2) is 5.78 Å². The molecular formula is C15H13NO3. The number of nitrogens with one attached hydrogen (secondary N) is 1. The normalized spacial score (nSPS) is 9.95. The van der Waals surface area contributed by atoms with E-state index < -0.39 is 0 Å². The van der Waals surface area contributed by atoms with Gasteiger partial charge in [0, 0.05) is 12.6 Å². The van der Waals surface area contributed by atoms with Crippen LogP contribution in [0.5, 0.6) is 5.75 Å². The molecule has 19 heavy (non-hydrogen) atoms. The summed E-state index contributed by atoms with van der Waals surface area (Å²) in [7, 11) is 1.50. The van der Waals surface area contributed by atoms with E-state index in [1.54, 1.807) is 36.4 Å². The van der Waals surface area contributed by atoms with Crippen molar-refractivity contribution in [3.63, 3.8) is 0 Å². The van der Waals surface area contributed by atoms with Crippen LogP contribution in [0.15, 0.2) is 48.5 Å². The topological polar surface area (TPSA) is 66.4 Å². The second-order valence-electron chi connectivity index (χ2n) is 3.97. The Hall–Kier alpha value is -2.62. The number of para-hydroxylation sites is 1. The van der Waals surface area contributed by atoms with Crippen LogP contribution in [-0.2, 0) is 0 Å². The van der Waals surface area contributed by atoms with Crippen molar-refractivity contribution in [3.8, 4) is 5.75 Å². The third kappa shape index (κ3) is 2.47. The SMILES string of the molecule is CNC(=O)c1ccccc1C(=O)c1ccccc1O. The molecule has 0 atom stereocenters. The lowest BCUT2D eigenvalue weighted by molar-refractivity contribution is 0.0950. The Morgan fingerprint density at radius 3 is 2.00 bits per heavy atom. The van der Waals surface area contributed by atoms with Crippen LogP contribution in [0.25, 0.3) is 0 Å². The largest absolute Gasteiger partial charge is 0.507 e. The van der Waals surface area contributed by atoms with E-state index in [0.29, 0.717) is 5.56 Å². The van der Waals surface area contributed by atoms with Gasteiger partial charge in [0.05, 0.1) is 11.1 Å². The molecule has 96 valence electrons. The fraction of sp³-hybridized carbons (Fsp3) is 0.0667. The number of benzene rings is 2. The van der Waals surface area contributed by atoms with Crippen LogP contribution < -0.4 is 5.32 Å². The van der Waals surface area contributed by atoms with Crippen molar-refractivity contribution in [2.24, 2.45) is 0 Å². The standard InChI is InChI=1S/C15H13NO3/c1-16-15(19)11-7-3-2-6-10(11)14(18)12-8-4-5-9-13(12)17/h2-9,17H,1H3,(H,16,19). The molecule has 0 fully saturated rings. The summed E-state index contributed by atoms with van der Waals surface area (Å²) in [5.41, 5.74) is 0.737. The van der Waals surface area contributed by atoms with Crippen LogP contribution in [0.4, 0.5) is 0 Å². The highest BCUT2D eigenvalue weighted by Gasteiger charge is 2.19. The summed E-state index contributed by atoms with van der Waals surface area (Å²) in [6.45, 7) is 0. The van der Waals surface area contributed by atoms with Crippen LogP contribution in [-0.4, -0.2) is 23.8 Å². The third-order valence-corrected chi connectivity index (χ3v) is 2.79. The molecule has 0 saturated heterocycles. The second kappa shape index (κ2) is 5.35. The smallest absolute Gasteiger partial charge is 0.251 e. The summed E-state index contributed by atoms with van der Waals surface area (Å²) in [6, 6.07) is 12.8. The van der Waals surface area contributed by atoms with Gasteiger partial charge in [0.25, 0.3) is 5.91 Å².